The van der Waals surface area contributed by atoms with Gasteiger partial charge in [-0.2, -0.15) is 0 Å². The molecule has 2 heteroatoms. The third-order valence-electron chi connectivity index (χ3n) is 3.83. The molecule has 3 N–H and O–H groups in total. The van der Waals surface area contributed by atoms with Crippen molar-refractivity contribution in [2.75, 3.05) is 19.6 Å². The van der Waals surface area contributed by atoms with E-state index in [-0.39, 0.29) is 0 Å². The van der Waals surface area contributed by atoms with E-state index in [0.29, 0.717) is 11.8 Å². The van der Waals surface area contributed by atoms with E-state index in [1.807, 2.05) is 0 Å². The standard InChI is InChI=1S/C17H30N2/c1-13(2)16-6-5-15(4)17(11-16)8-10-19-9-7-14(3)12-18/h5-6,11,13-14,19H,7-10,12,18H2,1-4H3. The number of nitrogens with two attached hydrogens (primary N) is 1. The topological polar surface area (TPSA) is 38.0 Å². The molecule has 108 valence electrons. The molecule has 1 unspecified atom stereocenters. The predicted octanol–water partition coefficient (Wildman–Crippen LogP) is 3.24. The first kappa shape index (κ1) is 16.2. The molecular formula is C17H30N2. The molecule has 0 radical (unpaired) electrons. The summed E-state index contributed by atoms with van der Waals surface area (Å²) in [5.41, 5.74) is 9.94. The number of hydrogen-bond acceptors (Lipinski definition) is 2. The van der Waals surface area contributed by atoms with E-state index >= 15 is 0 Å². The molecule has 0 aliphatic rings. The Morgan fingerprint density at radius 1 is 1.16 bits per heavy atom. The van der Waals surface area contributed by atoms with Crippen LogP contribution in [0, 0.1) is 12.8 Å². The summed E-state index contributed by atoms with van der Waals surface area (Å²) in [6.45, 7) is 11.8. The van der Waals surface area contributed by atoms with Gasteiger partial charge in [-0.1, -0.05) is 39.0 Å². The molecule has 19 heavy (non-hydrogen) atoms. The lowest BCUT2D eigenvalue weighted by Gasteiger charge is -2.13. The van der Waals surface area contributed by atoms with Crippen molar-refractivity contribution in [2.45, 2.75) is 46.5 Å². The number of benzene rings is 1. The van der Waals surface area contributed by atoms with Gasteiger partial charge in [0.2, 0.25) is 0 Å². The van der Waals surface area contributed by atoms with E-state index < -0.39 is 0 Å². The Balaban J connectivity index is 2.38. The van der Waals surface area contributed by atoms with Gasteiger partial charge in [0.05, 0.1) is 0 Å². The van der Waals surface area contributed by atoms with Crippen molar-refractivity contribution >= 4 is 0 Å². The summed E-state index contributed by atoms with van der Waals surface area (Å²) in [6.07, 6.45) is 2.28. The van der Waals surface area contributed by atoms with Crippen LogP contribution in [0.1, 0.15) is 49.8 Å². The Bertz CT molecular complexity index is 372. The zero-order chi connectivity index (χ0) is 14.3. The summed E-state index contributed by atoms with van der Waals surface area (Å²) in [4.78, 5) is 0. The van der Waals surface area contributed by atoms with Crippen LogP contribution < -0.4 is 11.1 Å². The average Bonchev–Trinajstić information content (AvgIpc) is 2.39. The molecule has 0 fully saturated rings. The first-order valence-corrected chi connectivity index (χ1v) is 7.54. The Labute approximate surface area is 118 Å². The molecule has 2 nitrogen and oxygen atoms in total. The van der Waals surface area contributed by atoms with Crippen molar-refractivity contribution in [3.63, 3.8) is 0 Å². The largest absolute Gasteiger partial charge is 0.330 e. The van der Waals surface area contributed by atoms with E-state index in [0.717, 1.165) is 26.1 Å². The van der Waals surface area contributed by atoms with Gasteiger partial charge in [0.15, 0.2) is 0 Å². The molecule has 0 bridgehead atoms. The molecule has 1 atom stereocenters. The lowest BCUT2D eigenvalue weighted by molar-refractivity contribution is 0.511. The fourth-order valence-electron chi connectivity index (χ4n) is 2.13. The summed E-state index contributed by atoms with van der Waals surface area (Å²) in [6, 6.07) is 6.87. The molecule has 0 amide bonds. The lowest BCUT2D eigenvalue weighted by Crippen LogP contribution is -2.22. The minimum absolute atomic E-state index is 0.609. The highest BCUT2D eigenvalue weighted by molar-refractivity contribution is 5.32. The van der Waals surface area contributed by atoms with Crippen LogP contribution in [0.25, 0.3) is 0 Å². The van der Waals surface area contributed by atoms with E-state index in [1.165, 1.54) is 23.1 Å². The fourth-order valence-corrected chi connectivity index (χ4v) is 2.13. The number of rotatable bonds is 8. The Hall–Kier alpha value is -0.860. The van der Waals surface area contributed by atoms with E-state index in [4.69, 9.17) is 5.73 Å². The number of aryl methyl sites for hydroxylation is 1. The maximum Gasteiger partial charge on any atom is -0.000825 e. The van der Waals surface area contributed by atoms with E-state index in [9.17, 15) is 0 Å². The van der Waals surface area contributed by atoms with Crippen molar-refractivity contribution in [1.29, 1.82) is 0 Å². The SMILES string of the molecule is Cc1ccc(C(C)C)cc1CCNCCC(C)CN. The molecule has 1 aromatic rings. The molecule has 0 spiro atoms. The van der Waals surface area contributed by atoms with Gasteiger partial charge in [-0.05, 0) is 67.9 Å². The van der Waals surface area contributed by atoms with Crippen LogP contribution in [0.4, 0.5) is 0 Å². The highest BCUT2D eigenvalue weighted by atomic mass is 14.8. The van der Waals surface area contributed by atoms with Crippen LogP contribution in [0.5, 0.6) is 0 Å². The van der Waals surface area contributed by atoms with E-state index in [1.54, 1.807) is 0 Å². The normalized spacial score (nSPS) is 12.9. The highest BCUT2D eigenvalue weighted by Gasteiger charge is 2.04. The van der Waals surface area contributed by atoms with Crippen LogP contribution in [0.2, 0.25) is 0 Å². The van der Waals surface area contributed by atoms with Gasteiger partial charge in [-0.3, -0.25) is 0 Å². The molecular weight excluding hydrogens is 232 g/mol. The minimum Gasteiger partial charge on any atom is -0.330 e. The number of nitrogens with one attached hydrogen (secondary N) is 1. The first-order chi connectivity index (χ1) is 9.04. The van der Waals surface area contributed by atoms with Crippen molar-refractivity contribution < 1.29 is 0 Å². The van der Waals surface area contributed by atoms with Crippen LogP contribution >= 0.6 is 0 Å². The zero-order valence-corrected chi connectivity index (χ0v) is 13.0. The van der Waals surface area contributed by atoms with Crippen LogP contribution in [-0.2, 0) is 6.42 Å². The van der Waals surface area contributed by atoms with Gasteiger partial charge in [0, 0.05) is 0 Å². The van der Waals surface area contributed by atoms with Gasteiger partial charge in [-0.15, -0.1) is 0 Å². The minimum atomic E-state index is 0.609. The fraction of sp³-hybridized carbons (Fsp3) is 0.647. The molecule has 0 aromatic heterocycles. The van der Waals surface area contributed by atoms with Crippen molar-refractivity contribution in [2.24, 2.45) is 11.7 Å². The van der Waals surface area contributed by atoms with Gasteiger partial charge < -0.3 is 11.1 Å². The summed E-state index contributed by atoms with van der Waals surface area (Å²) in [7, 11) is 0. The van der Waals surface area contributed by atoms with Crippen LogP contribution in [0.15, 0.2) is 18.2 Å². The number of hydrogen-bond donors (Lipinski definition) is 2. The monoisotopic (exact) mass is 262 g/mol. The molecule has 0 saturated carbocycles. The summed E-state index contributed by atoms with van der Waals surface area (Å²) >= 11 is 0. The molecule has 0 aliphatic heterocycles. The zero-order valence-electron chi connectivity index (χ0n) is 13.0. The maximum absolute atomic E-state index is 5.61. The van der Waals surface area contributed by atoms with Crippen molar-refractivity contribution in [3.8, 4) is 0 Å². The molecule has 1 aromatic carbocycles. The molecule has 0 heterocycles. The van der Waals surface area contributed by atoms with Gasteiger partial charge in [-0.25, -0.2) is 0 Å². The van der Waals surface area contributed by atoms with E-state index in [2.05, 4.69) is 51.2 Å². The average molecular weight is 262 g/mol. The second kappa shape index (κ2) is 8.34. The maximum atomic E-state index is 5.61. The summed E-state index contributed by atoms with van der Waals surface area (Å²) in [5, 5.41) is 3.52. The third-order valence-corrected chi connectivity index (χ3v) is 3.83. The molecule has 0 aliphatic carbocycles. The summed E-state index contributed by atoms with van der Waals surface area (Å²) in [5.74, 6) is 1.23. The third kappa shape index (κ3) is 5.75. The van der Waals surface area contributed by atoms with Gasteiger partial charge in [0.25, 0.3) is 0 Å². The second-order valence-corrected chi connectivity index (χ2v) is 5.97. The van der Waals surface area contributed by atoms with Crippen molar-refractivity contribution in [1.82, 2.24) is 5.32 Å². The summed E-state index contributed by atoms with van der Waals surface area (Å²) < 4.78 is 0. The van der Waals surface area contributed by atoms with Gasteiger partial charge in [0.1, 0.15) is 0 Å². The Morgan fingerprint density at radius 2 is 1.89 bits per heavy atom. The van der Waals surface area contributed by atoms with Crippen molar-refractivity contribution in [3.05, 3.63) is 34.9 Å². The quantitative estimate of drug-likeness (QED) is 0.706. The second-order valence-electron chi connectivity index (χ2n) is 5.97. The molecule has 1 rings (SSSR count). The molecule has 0 saturated heterocycles. The lowest BCUT2D eigenvalue weighted by atomic mass is 9.96. The highest BCUT2D eigenvalue weighted by Crippen LogP contribution is 2.18. The van der Waals surface area contributed by atoms with Crippen LogP contribution in [0.3, 0.4) is 0 Å². The predicted molar refractivity (Wildman–Crippen MR) is 84.7 cm³/mol. The van der Waals surface area contributed by atoms with Crippen LogP contribution in [-0.4, -0.2) is 19.6 Å². The van der Waals surface area contributed by atoms with Gasteiger partial charge >= 0.3 is 0 Å². The first-order valence-electron chi connectivity index (χ1n) is 7.54. The Kier molecular flexibility index (Phi) is 7.11. The Morgan fingerprint density at radius 3 is 2.53 bits per heavy atom. The smallest absolute Gasteiger partial charge is 0.000825 e.